The van der Waals surface area contributed by atoms with Gasteiger partial charge in [0.1, 0.15) is 0 Å². The van der Waals surface area contributed by atoms with Crippen LogP contribution in [-0.4, -0.2) is 20.2 Å². The van der Waals surface area contributed by atoms with Gasteiger partial charge in [0.05, 0.1) is 6.54 Å². The largest absolute Gasteiger partial charge is 0.399 e. The molecule has 0 aliphatic heterocycles. The number of hydrogen-bond acceptors (Lipinski definition) is 4. The average Bonchev–Trinajstić information content (AvgIpc) is 2.92. The monoisotopic (exact) mass is 279 g/mol. The van der Waals surface area contributed by atoms with E-state index < -0.39 is 0 Å². The van der Waals surface area contributed by atoms with Crippen molar-refractivity contribution in [1.29, 1.82) is 0 Å². The molecule has 1 heterocycles. The Morgan fingerprint density at radius 2 is 1.86 bits per heavy atom. The number of benzene rings is 2. The number of aromatic nitrogens is 4. The first-order valence-corrected chi connectivity index (χ1v) is 6.82. The van der Waals surface area contributed by atoms with Crippen LogP contribution in [0.1, 0.15) is 16.7 Å². The SMILES string of the molecule is Cc1ccccc1Cn1nnnc1-c1cc(N)ccc1C. The zero-order valence-electron chi connectivity index (χ0n) is 12.1. The third-order valence-corrected chi connectivity index (χ3v) is 3.62. The van der Waals surface area contributed by atoms with Gasteiger partial charge in [-0.2, -0.15) is 0 Å². The minimum Gasteiger partial charge on any atom is -0.399 e. The van der Waals surface area contributed by atoms with Gasteiger partial charge in [0.15, 0.2) is 5.82 Å². The van der Waals surface area contributed by atoms with E-state index in [0.717, 1.165) is 17.0 Å². The van der Waals surface area contributed by atoms with Gasteiger partial charge in [0, 0.05) is 11.3 Å². The third-order valence-electron chi connectivity index (χ3n) is 3.62. The van der Waals surface area contributed by atoms with E-state index >= 15 is 0 Å². The molecule has 0 saturated carbocycles. The van der Waals surface area contributed by atoms with E-state index in [0.29, 0.717) is 12.2 Å². The Bertz CT molecular complexity index is 776. The summed E-state index contributed by atoms with van der Waals surface area (Å²) >= 11 is 0. The van der Waals surface area contributed by atoms with Crippen LogP contribution in [0.2, 0.25) is 0 Å². The van der Waals surface area contributed by atoms with Gasteiger partial charge in [0.25, 0.3) is 0 Å². The fourth-order valence-electron chi connectivity index (χ4n) is 2.33. The Kier molecular flexibility index (Phi) is 3.39. The molecule has 21 heavy (non-hydrogen) atoms. The number of anilines is 1. The standard InChI is InChI=1S/C16H17N5/c1-11-5-3-4-6-13(11)10-21-16(18-19-20-21)15-9-14(17)8-7-12(15)2/h3-9H,10,17H2,1-2H3. The Morgan fingerprint density at radius 3 is 2.67 bits per heavy atom. The number of nitrogen functional groups attached to an aromatic ring is 1. The summed E-state index contributed by atoms with van der Waals surface area (Å²) in [5, 5.41) is 12.1. The molecular weight excluding hydrogens is 262 g/mol. The van der Waals surface area contributed by atoms with E-state index in [-0.39, 0.29) is 0 Å². The van der Waals surface area contributed by atoms with Crippen LogP contribution in [0.5, 0.6) is 0 Å². The van der Waals surface area contributed by atoms with Gasteiger partial charge in [-0.1, -0.05) is 30.3 Å². The molecule has 3 aromatic rings. The summed E-state index contributed by atoms with van der Waals surface area (Å²) in [6.45, 7) is 4.76. The molecule has 0 aliphatic rings. The maximum Gasteiger partial charge on any atom is 0.182 e. The highest BCUT2D eigenvalue weighted by atomic mass is 15.5. The molecule has 5 heteroatoms. The zero-order valence-corrected chi connectivity index (χ0v) is 12.1. The van der Waals surface area contributed by atoms with E-state index in [1.165, 1.54) is 11.1 Å². The van der Waals surface area contributed by atoms with Gasteiger partial charge in [-0.05, 0) is 53.1 Å². The summed E-state index contributed by atoms with van der Waals surface area (Å²) < 4.78 is 1.81. The summed E-state index contributed by atoms with van der Waals surface area (Å²) in [6.07, 6.45) is 0. The van der Waals surface area contributed by atoms with Gasteiger partial charge < -0.3 is 5.73 Å². The normalized spacial score (nSPS) is 10.8. The lowest BCUT2D eigenvalue weighted by atomic mass is 10.1. The number of nitrogens with zero attached hydrogens (tertiary/aromatic N) is 4. The van der Waals surface area contributed by atoms with Crippen molar-refractivity contribution in [3.05, 3.63) is 59.2 Å². The van der Waals surface area contributed by atoms with Crippen LogP contribution in [0.15, 0.2) is 42.5 Å². The smallest absolute Gasteiger partial charge is 0.182 e. The number of aryl methyl sites for hydroxylation is 2. The van der Waals surface area contributed by atoms with Gasteiger partial charge >= 0.3 is 0 Å². The van der Waals surface area contributed by atoms with Gasteiger partial charge in [0.2, 0.25) is 0 Å². The van der Waals surface area contributed by atoms with Crippen molar-refractivity contribution in [1.82, 2.24) is 20.2 Å². The molecule has 0 atom stereocenters. The van der Waals surface area contributed by atoms with E-state index in [1.54, 1.807) is 0 Å². The fourth-order valence-corrected chi connectivity index (χ4v) is 2.33. The molecule has 0 amide bonds. The molecule has 1 aromatic heterocycles. The first-order chi connectivity index (χ1) is 10.1. The lowest BCUT2D eigenvalue weighted by molar-refractivity contribution is 0.651. The second-order valence-corrected chi connectivity index (χ2v) is 5.16. The minimum atomic E-state index is 0.642. The van der Waals surface area contributed by atoms with Crippen LogP contribution in [0.25, 0.3) is 11.4 Å². The predicted octanol–water partition coefficient (Wildman–Crippen LogP) is 2.59. The average molecular weight is 279 g/mol. The van der Waals surface area contributed by atoms with Crippen molar-refractivity contribution in [3.8, 4) is 11.4 Å². The summed E-state index contributed by atoms with van der Waals surface area (Å²) in [4.78, 5) is 0. The minimum absolute atomic E-state index is 0.642. The Balaban J connectivity index is 2.02. The lowest BCUT2D eigenvalue weighted by Gasteiger charge is -2.09. The van der Waals surface area contributed by atoms with Crippen molar-refractivity contribution >= 4 is 5.69 Å². The van der Waals surface area contributed by atoms with Crippen LogP contribution in [0.4, 0.5) is 5.69 Å². The van der Waals surface area contributed by atoms with Crippen LogP contribution in [-0.2, 0) is 6.54 Å². The second-order valence-electron chi connectivity index (χ2n) is 5.16. The molecular formula is C16H17N5. The van der Waals surface area contributed by atoms with Gasteiger partial charge in [-0.3, -0.25) is 0 Å². The van der Waals surface area contributed by atoms with E-state index in [4.69, 9.17) is 5.73 Å². The molecule has 0 bridgehead atoms. The van der Waals surface area contributed by atoms with Crippen molar-refractivity contribution in [3.63, 3.8) is 0 Å². The molecule has 5 nitrogen and oxygen atoms in total. The summed E-state index contributed by atoms with van der Waals surface area (Å²) in [6, 6.07) is 14.0. The quantitative estimate of drug-likeness (QED) is 0.748. The molecule has 3 rings (SSSR count). The molecule has 0 aliphatic carbocycles. The maximum atomic E-state index is 5.88. The van der Waals surface area contributed by atoms with E-state index in [1.807, 2.05) is 41.9 Å². The lowest BCUT2D eigenvalue weighted by Crippen LogP contribution is -2.06. The zero-order chi connectivity index (χ0) is 14.8. The molecule has 2 N–H and O–H groups in total. The Morgan fingerprint density at radius 1 is 1.05 bits per heavy atom. The van der Waals surface area contributed by atoms with Crippen molar-refractivity contribution in [2.45, 2.75) is 20.4 Å². The first-order valence-electron chi connectivity index (χ1n) is 6.82. The van der Waals surface area contributed by atoms with Gasteiger partial charge in [-0.25, -0.2) is 4.68 Å². The Labute approximate surface area is 123 Å². The highest BCUT2D eigenvalue weighted by Gasteiger charge is 2.12. The van der Waals surface area contributed by atoms with Crippen molar-refractivity contribution < 1.29 is 0 Å². The molecule has 0 radical (unpaired) electrons. The highest BCUT2D eigenvalue weighted by molar-refractivity contribution is 5.65. The van der Waals surface area contributed by atoms with E-state index in [9.17, 15) is 0 Å². The molecule has 0 spiro atoms. The van der Waals surface area contributed by atoms with Gasteiger partial charge in [-0.15, -0.1) is 5.10 Å². The van der Waals surface area contributed by atoms with Crippen molar-refractivity contribution in [2.24, 2.45) is 0 Å². The first kappa shape index (κ1) is 13.3. The second kappa shape index (κ2) is 5.36. The molecule has 0 fully saturated rings. The highest BCUT2D eigenvalue weighted by Crippen LogP contribution is 2.24. The molecule has 2 aromatic carbocycles. The van der Waals surface area contributed by atoms with E-state index in [2.05, 4.69) is 34.6 Å². The summed E-state index contributed by atoms with van der Waals surface area (Å²) in [7, 11) is 0. The molecule has 0 unspecified atom stereocenters. The van der Waals surface area contributed by atoms with Crippen LogP contribution >= 0.6 is 0 Å². The van der Waals surface area contributed by atoms with Crippen LogP contribution in [0, 0.1) is 13.8 Å². The number of hydrogen-bond donors (Lipinski definition) is 1. The van der Waals surface area contributed by atoms with Crippen molar-refractivity contribution in [2.75, 3.05) is 5.73 Å². The van der Waals surface area contributed by atoms with Crippen LogP contribution < -0.4 is 5.73 Å². The van der Waals surface area contributed by atoms with Crippen LogP contribution in [0.3, 0.4) is 0 Å². The third kappa shape index (κ3) is 2.63. The number of nitrogens with two attached hydrogens (primary N) is 1. The maximum absolute atomic E-state index is 5.88. The topological polar surface area (TPSA) is 69.6 Å². The predicted molar refractivity (Wildman–Crippen MR) is 82.7 cm³/mol. The fraction of sp³-hybridized carbons (Fsp3) is 0.188. The Hall–Kier alpha value is -2.69. The molecule has 106 valence electrons. The number of rotatable bonds is 3. The number of tetrazole rings is 1. The summed E-state index contributed by atoms with van der Waals surface area (Å²) in [5.41, 5.74) is 11.1. The summed E-state index contributed by atoms with van der Waals surface area (Å²) in [5.74, 6) is 0.739. The molecule has 0 saturated heterocycles.